The largest absolute Gasteiger partial charge is 0.313 e. The first-order valence-electron chi connectivity index (χ1n) is 26.4. The number of benzene rings is 12. The zero-order valence-electron chi connectivity index (χ0n) is 41.8. The van der Waals surface area contributed by atoms with E-state index in [9.17, 15) is 0 Å². The van der Waals surface area contributed by atoms with E-state index in [0.29, 0.717) is 0 Å². The first kappa shape index (κ1) is 43.7. The maximum atomic E-state index is 2.47. The van der Waals surface area contributed by atoms with Gasteiger partial charge in [-0.05, 0) is 160 Å². The molecule has 0 saturated carbocycles. The Morgan fingerprint density at radius 1 is 0.316 bits per heavy atom. The molecule has 0 saturated heterocycles. The fourth-order valence-corrected chi connectivity index (χ4v) is 12.2. The molecule has 1 aliphatic rings. The topological polar surface area (TPSA) is 16.3 Å². The lowest BCUT2D eigenvalue weighted by Gasteiger charge is -2.28. The van der Waals surface area contributed by atoms with Crippen molar-refractivity contribution in [1.29, 1.82) is 0 Å². The number of hydrogen-bond donors (Lipinski definition) is 0. The third-order valence-electron chi connectivity index (χ3n) is 15.7. The van der Waals surface area contributed by atoms with Crippen LogP contribution in [0.15, 0.2) is 279 Å². The van der Waals surface area contributed by atoms with Gasteiger partial charge in [0.05, 0.1) is 27.8 Å². The summed E-state index contributed by atoms with van der Waals surface area (Å²) >= 11 is 0. The lowest BCUT2D eigenvalue weighted by atomic mass is 9.96. The highest BCUT2D eigenvalue weighted by molar-refractivity contribution is 6.13. The Morgan fingerprint density at radius 3 is 1.49 bits per heavy atom. The number of anilines is 6. The number of nitrogens with zero attached hydrogens (tertiary/aromatic N) is 4. The number of allylic oxidation sites excluding steroid dienone is 4. The number of aromatic nitrogens is 2. The van der Waals surface area contributed by atoms with Crippen molar-refractivity contribution < 1.29 is 0 Å². The van der Waals surface area contributed by atoms with Crippen molar-refractivity contribution in [2.45, 2.75) is 12.8 Å². The van der Waals surface area contributed by atoms with Gasteiger partial charge in [0.15, 0.2) is 0 Å². The molecular formula is C72H50N4. The fourth-order valence-electron chi connectivity index (χ4n) is 12.2. The molecule has 12 aromatic carbocycles. The molecule has 76 heavy (non-hydrogen) atoms. The molecule has 0 N–H and O–H groups in total. The van der Waals surface area contributed by atoms with Crippen LogP contribution in [0.5, 0.6) is 0 Å². The van der Waals surface area contributed by atoms with Crippen LogP contribution in [0.4, 0.5) is 34.1 Å². The monoisotopic (exact) mass is 970 g/mol. The third-order valence-corrected chi connectivity index (χ3v) is 15.7. The van der Waals surface area contributed by atoms with E-state index in [0.717, 1.165) is 58.2 Å². The molecule has 0 bridgehead atoms. The maximum absolute atomic E-state index is 2.47. The lowest BCUT2D eigenvalue weighted by Crippen LogP contribution is -2.10. The van der Waals surface area contributed by atoms with E-state index in [-0.39, 0.29) is 0 Å². The zero-order valence-corrected chi connectivity index (χ0v) is 41.8. The predicted molar refractivity (Wildman–Crippen MR) is 324 cm³/mol. The molecule has 15 rings (SSSR count). The minimum atomic E-state index is 1.01. The second-order valence-electron chi connectivity index (χ2n) is 20.0. The van der Waals surface area contributed by atoms with E-state index < -0.39 is 0 Å². The van der Waals surface area contributed by atoms with Crippen molar-refractivity contribution in [2.75, 3.05) is 9.80 Å². The van der Waals surface area contributed by atoms with Gasteiger partial charge < -0.3 is 18.9 Å². The minimum absolute atomic E-state index is 1.01. The Morgan fingerprint density at radius 2 is 0.816 bits per heavy atom. The van der Waals surface area contributed by atoms with Crippen molar-refractivity contribution >= 4 is 116 Å². The van der Waals surface area contributed by atoms with E-state index in [1.54, 1.807) is 0 Å². The number of rotatable bonds is 9. The normalized spacial score (nSPS) is 12.7. The number of para-hydroxylation sites is 3. The first-order valence-corrected chi connectivity index (χ1v) is 26.4. The fraction of sp³-hybridized carbons (Fsp3) is 0.0278. The first-order chi connectivity index (χ1) is 37.7. The Balaban J connectivity index is 0.868. The van der Waals surface area contributed by atoms with Crippen LogP contribution in [0.3, 0.4) is 0 Å². The van der Waals surface area contributed by atoms with E-state index in [1.807, 2.05) is 0 Å². The summed E-state index contributed by atoms with van der Waals surface area (Å²) in [4.78, 5) is 4.87. The summed E-state index contributed by atoms with van der Waals surface area (Å²) in [5.74, 6) is 0. The molecule has 358 valence electrons. The molecule has 0 amide bonds. The lowest BCUT2D eigenvalue weighted by molar-refractivity contribution is 0.979. The third kappa shape index (κ3) is 7.21. The van der Waals surface area contributed by atoms with Crippen LogP contribution >= 0.6 is 0 Å². The molecule has 0 radical (unpaired) electrons. The summed E-state index contributed by atoms with van der Waals surface area (Å²) in [6.07, 6.45) is 8.80. The molecule has 4 heteroatoms. The van der Waals surface area contributed by atoms with Crippen LogP contribution in [0.2, 0.25) is 0 Å². The summed E-state index contributed by atoms with van der Waals surface area (Å²) < 4.78 is 4.85. The molecule has 4 nitrogen and oxygen atoms in total. The number of fused-ring (bicyclic) bond motifs is 9. The highest BCUT2D eigenvalue weighted by Crippen LogP contribution is 2.46. The van der Waals surface area contributed by atoms with E-state index in [1.165, 1.54) is 87.2 Å². The summed E-state index contributed by atoms with van der Waals surface area (Å²) in [6, 6.07) is 96.0. The zero-order chi connectivity index (χ0) is 50.1. The average molecular weight is 971 g/mol. The molecule has 0 unspecified atom stereocenters. The Bertz CT molecular complexity index is 4650. The van der Waals surface area contributed by atoms with Gasteiger partial charge in [0.25, 0.3) is 0 Å². The van der Waals surface area contributed by atoms with Crippen LogP contribution in [0.25, 0.3) is 98.4 Å². The number of hydrogen-bond acceptors (Lipinski definition) is 2. The standard InChI is InChI=1S/C72H50N4/c1-3-21-54(22-4-1)75-69-30-13-11-25-64(69)66-47-59(41-43-71(66)75)73(57-39-33-49-17-7-9-19-52(49)45-57)56-37-35-51(36-38-56)61-27-15-29-63-62(61)28-16-32-68(63)74(58-40-34-50-18-8-10-20-53(50)46-58)60-42-44-72-67(48-60)65-26-12-14-31-70(65)76(72)55-23-5-2-6-24-55/h1-3,5-21,23-48H,4,22H2. The molecule has 1 aliphatic carbocycles. The van der Waals surface area contributed by atoms with Gasteiger partial charge >= 0.3 is 0 Å². The predicted octanol–water partition coefficient (Wildman–Crippen LogP) is 20.1. The van der Waals surface area contributed by atoms with Crippen LogP contribution in [0, 0.1) is 0 Å². The Kier molecular flexibility index (Phi) is 10.3. The van der Waals surface area contributed by atoms with Gasteiger partial charge in [0, 0.05) is 66.8 Å². The average Bonchev–Trinajstić information content (AvgIpc) is 4.06. The summed E-state index contributed by atoms with van der Waals surface area (Å²) in [5, 5.41) is 12.2. The molecule has 0 fully saturated rings. The van der Waals surface area contributed by atoms with Gasteiger partial charge in [0.2, 0.25) is 0 Å². The maximum Gasteiger partial charge on any atom is 0.0542 e. The van der Waals surface area contributed by atoms with Crippen molar-refractivity contribution in [3.8, 4) is 16.8 Å². The molecule has 14 aromatic rings. The van der Waals surface area contributed by atoms with Gasteiger partial charge in [-0.25, -0.2) is 0 Å². The van der Waals surface area contributed by atoms with Crippen LogP contribution in [-0.2, 0) is 0 Å². The van der Waals surface area contributed by atoms with Crippen molar-refractivity contribution in [2.24, 2.45) is 0 Å². The van der Waals surface area contributed by atoms with Crippen molar-refractivity contribution in [3.05, 3.63) is 279 Å². The van der Waals surface area contributed by atoms with Crippen LogP contribution in [-0.4, -0.2) is 9.13 Å². The smallest absolute Gasteiger partial charge is 0.0542 e. The Hall–Kier alpha value is -9.90. The molecule has 0 aliphatic heterocycles. The Labute approximate surface area is 441 Å². The molecule has 0 atom stereocenters. The highest BCUT2D eigenvalue weighted by Gasteiger charge is 2.22. The highest BCUT2D eigenvalue weighted by atomic mass is 15.2. The summed E-state index contributed by atoms with van der Waals surface area (Å²) in [7, 11) is 0. The molecular weight excluding hydrogens is 921 g/mol. The van der Waals surface area contributed by atoms with Gasteiger partial charge in [-0.2, -0.15) is 0 Å². The molecule has 2 aromatic heterocycles. The van der Waals surface area contributed by atoms with E-state index in [4.69, 9.17) is 0 Å². The van der Waals surface area contributed by atoms with Gasteiger partial charge in [0.1, 0.15) is 0 Å². The summed E-state index contributed by atoms with van der Waals surface area (Å²) in [5.41, 5.74) is 16.3. The quantitative estimate of drug-likeness (QED) is 0.143. The van der Waals surface area contributed by atoms with Crippen molar-refractivity contribution in [3.63, 3.8) is 0 Å². The minimum Gasteiger partial charge on any atom is -0.313 e. The van der Waals surface area contributed by atoms with Crippen molar-refractivity contribution in [1.82, 2.24) is 9.13 Å². The summed E-state index contributed by atoms with van der Waals surface area (Å²) in [6.45, 7) is 0. The van der Waals surface area contributed by atoms with Gasteiger partial charge in [-0.1, -0.05) is 170 Å². The van der Waals surface area contributed by atoms with Gasteiger partial charge in [-0.15, -0.1) is 0 Å². The molecule has 2 heterocycles. The second-order valence-corrected chi connectivity index (χ2v) is 20.0. The SMILES string of the molecule is C1=CCCC(n2c3ccccc3c3cc(N(c4ccc(-c5cccc6c(N(c7ccc8ccccc8c7)c7ccc8c(c7)c7ccccc7n8-c7ccccc7)cccc56)cc4)c4ccc5ccccc5c4)ccc32)=C1. The van der Waals surface area contributed by atoms with E-state index in [2.05, 4.69) is 298 Å². The van der Waals surface area contributed by atoms with Crippen LogP contribution < -0.4 is 9.80 Å². The van der Waals surface area contributed by atoms with E-state index >= 15 is 0 Å². The van der Waals surface area contributed by atoms with Gasteiger partial charge in [-0.3, -0.25) is 0 Å². The second kappa shape index (κ2) is 17.9. The van der Waals surface area contributed by atoms with Crippen LogP contribution in [0.1, 0.15) is 12.8 Å². The molecule has 0 spiro atoms.